The van der Waals surface area contributed by atoms with Crippen LogP contribution in [-0.2, 0) is 9.59 Å². The summed E-state index contributed by atoms with van der Waals surface area (Å²) in [6, 6.07) is -0.256. The average molecular weight is 239 g/mol. The molecule has 2 N–H and O–H groups in total. The van der Waals surface area contributed by atoms with E-state index in [4.69, 9.17) is 5.11 Å². The molecule has 1 fully saturated rings. The van der Waals surface area contributed by atoms with Crippen LogP contribution in [0.15, 0.2) is 11.6 Å². The smallest absolute Gasteiger partial charge is 0.305 e. The summed E-state index contributed by atoms with van der Waals surface area (Å²) >= 11 is 0. The molecule has 1 aliphatic rings. The molecule has 4 nitrogen and oxygen atoms in total. The third-order valence-electron chi connectivity index (χ3n) is 2.98. The molecule has 1 rings (SSSR count). The van der Waals surface area contributed by atoms with Crippen molar-refractivity contribution in [3.8, 4) is 0 Å². The second-order valence-electron chi connectivity index (χ2n) is 4.75. The van der Waals surface area contributed by atoms with Gasteiger partial charge in [0.1, 0.15) is 0 Å². The van der Waals surface area contributed by atoms with E-state index in [1.54, 1.807) is 6.08 Å². The van der Waals surface area contributed by atoms with Gasteiger partial charge >= 0.3 is 5.97 Å². The van der Waals surface area contributed by atoms with Crippen molar-refractivity contribution >= 4 is 11.9 Å². The molecular formula is C13H21NO3. The first-order valence-electron chi connectivity index (χ1n) is 6.23. The van der Waals surface area contributed by atoms with Crippen molar-refractivity contribution < 1.29 is 14.7 Å². The van der Waals surface area contributed by atoms with Crippen molar-refractivity contribution in [2.75, 3.05) is 0 Å². The van der Waals surface area contributed by atoms with Crippen LogP contribution >= 0.6 is 0 Å². The van der Waals surface area contributed by atoms with E-state index in [0.717, 1.165) is 12.0 Å². The van der Waals surface area contributed by atoms with E-state index >= 15 is 0 Å². The quantitative estimate of drug-likeness (QED) is 0.669. The molecule has 1 amide bonds. The Hall–Kier alpha value is -1.32. The Balaban J connectivity index is 2.44. The molecule has 96 valence electrons. The minimum atomic E-state index is -0.869. The molecule has 0 aliphatic heterocycles. The second-order valence-corrected chi connectivity index (χ2v) is 4.75. The number of carbonyl (C=O) groups is 2. The molecule has 0 radical (unpaired) electrons. The van der Waals surface area contributed by atoms with E-state index in [-0.39, 0.29) is 18.4 Å². The van der Waals surface area contributed by atoms with Crippen molar-refractivity contribution in [1.29, 1.82) is 0 Å². The van der Waals surface area contributed by atoms with Crippen LogP contribution in [0.25, 0.3) is 0 Å². The monoisotopic (exact) mass is 239 g/mol. The number of carbonyl (C=O) groups excluding carboxylic acids is 1. The lowest BCUT2D eigenvalue weighted by Gasteiger charge is -2.14. The van der Waals surface area contributed by atoms with E-state index < -0.39 is 5.97 Å². The fourth-order valence-corrected chi connectivity index (χ4v) is 1.89. The summed E-state index contributed by atoms with van der Waals surface area (Å²) in [7, 11) is 0. The van der Waals surface area contributed by atoms with Crippen LogP contribution in [0, 0.1) is 5.92 Å². The minimum absolute atomic E-state index is 0.00407. The van der Waals surface area contributed by atoms with E-state index in [1.165, 1.54) is 12.8 Å². The second kappa shape index (κ2) is 6.42. The molecule has 0 bridgehead atoms. The molecule has 1 unspecified atom stereocenters. The van der Waals surface area contributed by atoms with Crippen LogP contribution in [0.2, 0.25) is 0 Å². The van der Waals surface area contributed by atoms with Crippen LogP contribution in [0.5, 0.6) is 0 Å². The zero-order chi connectivity index (χ0) is 12.8. The largest absolute Gasteiger partial charge is 0.481 e. The number of hydrogen-bond acceptors (Lipinski definition) is 2. The standard InChI is InChI=1S/C13H21NO3/c1-3-4-11(8-13(16)17)14-12(15)7-9(2)10-5-6-10/h7,10-11H,3-6,8H2,1-2H3,(H,14,15)(H,16,17)/b9-7+. The maximum atomic E-state index is 11.7. The normalized spacial score (nSPS) is 17.6. The SMILES string of the molecule is CCCC(CC(=O)O)NC(=O)/C=C(\C)C1CC1. The highest BCUT2D eigenvalue weighted by molar-refractivity contribution is 5.88. The predicted molar refractivity (Wildman–Crippen MR) is 65.6 cm³/mol. The maximum Gasteiger partial charge on any atom is 0.305 e. The van der Waals surface area contributed by atoms with E-state index in [1.807, 2.05) is 13.8 Å². The number of nitrogens with one attached hydrogen (secondary N) is 1. The summed E-state index contributed by atoms with van der Waals surface area (Å²) in [5, 5.41) is 11.5. The van der Waals surface area contributed by atoms with Gasteiger partial charge in [0.2, 0.25) is 5.91 Å². The van der Waals surface area contributed by atoms with Gasteiger partial charge < -0.3 is 10.4 Å². The lowest BCUT2D eigenvalue weighted by Crippen LogP contribution is -2.35. The van der Waals surface area contributed by atoms with Crippen molar-refractivity contribution in [2.24, 2.45) is 5.92 Å². The third kappa shape index (κ3) is 5.52. The topological polar surface area (TPSA) is 66.4 Å². The summed E-state index contributed by atoms with van der Waals surface area (Å²) in [5.74, 6) is -0.453. The van der Waals surface area contributed by atoms with Gasteiger partial charge in [0.15, 0.2) is 0 Å². The molecule has 0 aromatic carbocycles. The molecule has 0 aromatic rings. The summed E-state index contributed by atoms with van der Waals surface area (Å²) in [4.78, 5) is 22.3. The Morgan fingerprint density at radius 2 is 2.12 bits per heavy atom. The molecule has 1 atom stereocenters. The van der Waals surface area contributed by atoms with E-state index in [9.17, 15) is 9.59 Å². The minimum Gasteiger partial charge on any atom is -0.481 e. The first-order chi connectivity index (χ1) is 8.02. The molecule has 1 aliphatic carbocycles. The third-order valence-corrected chi connectivity index (χ3v) is 2.98. The maximum absolute atomic E-state index is 11.7. The number of carboxylic acids is 1. The van der Waals surface area contributed by atoms with Gasteiger partial charge in [0.05, 0.1) is 6.42 Å². The van der Waals surface area contributed by atoms with Crippen molar-refractivity contribution in [1.82, 2.24) is 5.32 Å². The van der Waals surface area contributed by atoms with E-state index in [2.05, 4.69) is 5.32 Å². The van der Waals surface area contributed by atoms with Crippen molar-refractivity contribution in [3.05, 3.63) is 11.6 Å². The number of aliphatic carboxylic acids is 1. The zero-order valence-electron chi connectivity index (χ0n) is 10.5. The van der Waals surface area contributed by atoms with Crippen molar-refractivity contribution in [3.63, 3.8) is 0 Å². The Morgan fingerprint density at radius 1 is 1.47 bits per heavy atom. The highest BCUT2D eigenvalue weighted by Crippen LogP contribution is 2.35. The average Bonchev–Trinajstić information content (AvgIpc) is 2.99. The lowest BCUT2D eigenvalue weighted by molar-refractivity contribution is -0.137. The number of rotatable bonds is 7. The first-order valence-corrected chi connectivity index (χ1v) is 6.23. The first kappa shape index (κ1) is 13.7. The number of hydrogen-bond donors (Lipinski definition) is 2. The van der Waals surface area contributed by atoms with Crippen LogP contribution in [0.4, 0.5) is 0 Å². The molecule has 0 saturated heterocycles. The van der Waals surface area contributed by atoms with Crippen LogP contribution in [0.3, 0.4) is 0 Å². The molecule has 4 heteroatoms. The Labute approximate surface area is 102 Å². The Morgan fingerprint density at radius 3 is 2.59 bits per heavy atom. The summed E-state index contributed by atoms with van der Waals surface area (Å²) in [6.07, 6.45) is 5.52. The Kier molecular flexibility index (Phi) is 5.19. The van der Waals surface area contributed by atoms with E-state index in [0.29, 0.717) is 12.3 Å². The number of amides is 1. The van der Waals surface area contributed by atoms with Gasteiger partial charge in [-0.05, 0) is 32.1 Å². The van der Waals surface area contributed by atoms with Crippen LogP contribution in [-0.4, -0.2) is 23.0 Å². The Bertz CT molecular complexity index is 319. The summed E-state index contributed by atoms with van der Waals surface area (Å²) in [5.41, 5.74) is 1.10. The highest BCUT2D eigenvalue weighted by Gasteiger charge is 2.23. The fraction of sp³-hybridized carbons (Fsp3) is 0.692. The van der Waals surface area contributed by atoms with Crippen molar-refractivity contribution in [2.45, 2.75) is 52.0 Å². The highest BCUT2D eigenvalue weighted by atomic mass is 16.4. The van der Waals surface area contributed by atoms with Crippen LogP contribution in [0.1, 0.15) is 46.0 Å². The molecule has 0 aromatic heterocycles. The molecule has 0 heterocycles. The summed E-state index contributed by atoms with van der Waals surface area (Å²) in [6.45, 7) is 3.94. The van der Waals surface area contributed by atoms with Gasteiger partial charge in [-0.2, -0.15) is 0 Å². The summed E-state index contributed by atoms with van der Waals surface area (Å²) < 4.78 is 0. The van der Waals surface area contributed by atoms with Gasteiger partial charge in [0, 0.05) is 12.1 Å². The van der Waals surface area contributed by atoms with Gasteiger partial charge in [0.25, 0.3) is 0 Å². The van der Waals surface area contributed by atoms with Gasteiger partial charge in [-0.15, -0.1) is 0 Å². The molecule has 0 spiro atoms. The molecule has 17 heavy (non-hydrogen) atoms. The van der Waals surface area contributed by atoms with Gasteiger partial charge in [-0.25, -0.2) is 0 Å². The fourth-order valence-electron chi connectivity index (χ4n) is 1.89. The lowest BCUT2D eigenvalue weighted by atomic mass is 10.1. The van der Waals surface area contributed by atoms with Gasteiger partial charge in [-0.1, -0.05) is 18.9 Å². The zero-order valence-corrected chi connectivity index (χ0v) is 10.5. The predicted octanol–water partition coefficient (Wildman–Crippen LogP) is 2.10. The molecular weight excluding hydrogens is 218 g/mol. The number of carboxylic acid groups (broad SMARTS) is 1. The van der Waals surface area contributed by atoms with Crippen LogP contribution < -0.4 is 5.32 Å². The van der Waals surface area contributed by atoms with Gasteiger partial charge in [-0.3, -0.25) is 9.59 Å². The number of allylic oxidation sites excluding steroid dienone is 1. The molecule has 1 saturated carbocycles.